The van der Waals surface area contributed by atoms with Crippen molar-refractivity contribution >= 4 is 23.3 Å². The number of phenolic OH excluding ortho intramolecular Hbond substituents is 1. The van der Waals surface area contributed by atoms with Crippen LogP contribution in [0.1, 0.15) is 11.1 Å². The first-order valence-electron chi connectivity index (χ1n) is 9.24. The van der Waals surface area contributed by atoms with Crippen molar-refractivity contribution in [3.63, 3.8) is 0 Å². The second-order valence-corrected chi connectivity index (χ2v) is 6.81. The maximum absolute atomic E-state index is 12.9. The summed E-state index contributed by atoms with van der Waals surface area (Å²) in [4.78, 5) is 29.6. The Kier molecular flexibility index (Phi) is 4.93. The number of hydrogen-bond donors (Lipinski definition) is 2. The molecule has 0 amide bonds. The van der Waals surface area contributed by atoms with Gasteiger partial charge < -0.3 is 5.11 Å². The molecule has 9 heteroatoms. The molecular formula is C21H20N6O3. The highest BCUT2D eigenvalue weighted by molar-refractivity contribution is 5.84. The van der Waals surface area contributed by atoms with E-state index in [1.807, 2.05) is 30.3 Å². The highest BCUT2D eigenvalue weighted by Crippen LogP contribution is 2.18. The fourth-order valence-corrected chi connectivity index (χ4v) is 3.21. The van der Waals surface area contributed by atoms with Gasteiger partial charge >= 0.3 is 5.69 Å². The van der Waals surface area contributed by atoms with Gasteiger partial charge in [0.25, 0.3) is 5.56 Å². The van der Waals surface area contributed by atoms with Crippen LogP contribution in [0.25, 0.3) is 11.2 Å². The molecule has 0 saturated carbocycles. The number of phenols is 1. The fraction of sp³-hybridized carbons (Fsp3) is 0.143. The molecular weight excluding hydrogens is 384 g/mol. The van der Waals surface area contributed by atoms with E-state index in [1.165, 1.54) is 17.8 Å². The molecule has 2 N–H and O–H groups in total. The van der Waals surface area contributed by atoms with Crippen molar-refractivity contribution in [3.8, 4) is 5.75 Å². The van der Waals surface area contributed by atoms with E-state index in [4.69, 9.17) is 0 Å². The topological polar surface area (TPSA) is 106 Å². The number of benzene rings is 2. The normalized spacial score (nSPS) is 11.4. The minimum atomic E-state index is -0.457. The first-order chi connectivity index (χ1) is 14.5. The molecule has 4 rings (SSSR count). The first kappa shape index (κ1) is 19.2. The van der Waals surface area contributed by atoms with E-state index in [-0.39, 0.29) is 11.4 Å². The minimum absolute atomic E-state index is 0.0945. The smallest absolute Gasteiger partial charge is 0.332 e. The average molecular weight is 404 g/mol. The number of hydrazone groups is 1. The van der Waals surface area contributed by atoms with Gasteiger partial charge in [0.2, 0.25) is 5.95 Å². The third-order valence-electron chi connectivity index (χ3n) is 4.84. The number of nitrogens with zero attached hydrogens (tertiary/aromatic N) is 5. The van der Waals surface area contributed by atoms with Crippen LogP contribution >= 0.6 is 0 Å². The van der Waals surface area contributed by atoms with Crippen LogP contribution in [0, 0.1) is 0 Å². The molecule has 0 fully saturated rings. The third kappa shape index (κ3) is 3.37. The largest absolute Gasteiger partial charge is 0.507 e. The van der Waals surface area contributed by atoms with Gasteiger partial charge in [-0.25, -0.2) is 10.2 Å². The molecule has 0 aliphatic rings. The molecule has 0 aliphatic heterocycles. The summed E-state index contributed by atoms with van der Waals surface area (Å²) >= 11 is 0. The molecule has 0 unspecified atom stereocenters. The summed E-state index contributed by atoms with van der Waals surface area (Å²) in [6, 6.07) is 16.4. The summed E-state index contributed by atoms with van der Waals surface area (Å²) in [5.41, 5.74) is 3.99. The van der Waals surface area contributed by atoms with Gasteiger partial charge in [0.05, 0.1) is 12.8 Å². The number of anilines is 1. The second-order valence-electron chi connectivity index (χ2n) is 6.81. The van der Waals surface area contributed by atoms with E-state index in [0.717, 1.165) is 10.1 Å². The van der Waals surface area contributed by atoms with E-state index in [1.54, 1.807) is 35.9 Å². The van der Waals surface area contributed by atoms with Crippen LogP contribution in [0.2, 0.25) is 0 Å². The SMILES string of the molecule is Cn1c(=O)c2c(nc(NN=Cc3ccccc3O)n2Cc2ccccc2)n(C)c1=O. The Labute approximate surface area is 171 Å². The number of aryl methyl sites for hydroxylation is 1. The summed E-state index contributed by atoms with van der Waals surface area (Å²) in [7, 11) is 3.01. The summed E-state index contributed by atoms with van der Waals surface area (Å²) < 4.78 is 4.07. The molecule has 0 atom stereocenters. The molecule has 2 aromatic carbocycles. The summed E-state index contributed by atoms with van der Waals surface area (Å²) in [6.45, 7) is 0.360. The lowest BCUT2D eigenvalue weighted by molar-refractivity contribution is 0.474. The van der Waals surface area contributed by atoms with E-state index in [2.05, 4.69) is 15.5 Å². The predicted molar refractivity (Wildman–Crippen MR) is 115 cm³/mol. The Morgan fingerprint density at radius 2 is 1.73 bits per heavy atom. The third-order valence-corrected chi connectivity index (χ3v) is 4.84. The van der Waals surface area contributed by atoms with E-state index in [0.29, 0.717) is 23.6 Å². The van der Waals surface area contributed by atoms with Crippen LogP contribution in [0.4, 0.5) is 5.95 Å². The zero-order chi connectivity index (χ0) is 21.3. The number of aromatic nitrogens is 4. The van der Waals surface area contributed by atoms with Crippen LogP contribution in [-0.4, -0.2) is 30.0 Å². The zero-order valence-electron chi connectivity index (χ0n) is 16.5. The Bertz CT molecular complexity index is 1370. The highest BCUT2D eigenvalue weighted by atomic mass is 16.3. The van der Waals surface area contributed by atoms with Gasteiger partial charge in [-0.1, -0.05) is 42.5 Å². The van der Waals surface area contributed by atoms with Gasteiger partial charge in [0.15, 0.2) is 11.2 Å². The molecule has 0 bridgehead atoms. The molecule has 2 heterocycles. The van der Waals surface area contributed by atoms with Crippen molar-refractivity contribution < 1.29 is 5.11 Å². The summed E-state index contributed by atoms with van der Waals surface area (Å²) in [6.07, 6.45) is 1.46. The van der Waals surface area contributed by atoms with Crippen LogP contribution in [0.5, 0.6) is 5.75 Å². The molecule has 0 saturated heterocycles. The number of para-hydroxylation sites is 1. The Morgan fingerprint density at radius 1 is 1.03 bits per heavy atom. The first-order valence-corrected chi connectivity index (χ1v) is 9.24. The van der Waals surface area contributed by atoms with Crippen molar-refractivity contribution in [2.75, 3.05) is 5.43 Å². The summed E-state index contributed by atoms with van der Waals surface area (Å²) in [5, 5.41) is 14.0. The van der Waals surface area contributed by atoms with Gasteiger partial charge in [-0.15, -0.1) is 0 Å². The maximum Gasteiger partial charge on any atom is 0.332 e. The quantitative estimate of drug-likeness (QED) is 0.388. The second kappa shape index (κ2) is 7.70. The molecule has 152 valence electrons. The van der Waals surface area contributed by atoms with Crippen molar-refractivity contribution in [2.45, 2.75) is 6.54 Å². The zero-order valence-corrected chi connectivity index (χ0v) is 16.5. The summed E-state index contributed by atoms with van der Waals surface area (Å²) in [5.74, 6) is 0.399. The van der Waals surface area contributed by atoms with Crippen molar-refractivity contribution in [1.82, 2.24) is 18.7 Å². The number of nitrogens with one attached hydrogen (secondary N) is 1. The molecule has 4 aromatic rings. The van der Waals surface area contributed by atoms with Gasteiger partial charge in [-0.2, -0.15) is 10.1 Å². The number of imidazole rings is 1. The molecule has 30 heavy (non-hydrogen) atoms. The highest BCUT2D eigenvalue weighted by Gasteiger charge is 2.19. The maximum atomic E-state index is 12.9. The minimum Gasteiger partial charge on any atom is -0.507 e. The van der Waals surface area contributed by atoms with Crippen molar-refractivity contribution in [3.05, 3.63) is 86.6 Å². The number of rotatable bonds is 5. The predicted octanol–water partition coefficient (Wildman–Crippen LogP) is 1.63. The van der Waals surface area contributed by atoms with E-state index >= 15 is 0 Å². The van der Waals surface area contributed by atoms with Gasteiger partial charge in [0, 0.05) is 19.7 Å². The standard InChI is InChI=1S/C21H20N6O3/c1-25-18-17(19(29)26(2)21(25)30)27(13-14-8-4-3-5-9-14)20(23-18)24-22-12-15-10-6-7-11-16(15)28/h3-12,28H,13H2,1-2H3,(H,23,24). The van der Waals surface area contributed by atoms with Crippen LogP contribution in [-0.2, 0) is 20.6 Å². The number of hydrogen-bond acceptors (Lipinski definition) is 6. The lowest BCUT2D eigenvalue weighted by atomic mass is 10.2. The number of fused-ring (bicyclic) bond motifs is 1. The number of aromatic hydroxyl groups is 1. The Balaban J connectivity index is 1.83. The Hall–Kier alpha value is -4.14. The van der Waals surface area contributed by atoms with Crippen LogP contribution in [0.15, 0.2) is 69.3 Å². The van der Waals surface area contributed by atoms with Crippen LogP contribution < -0.4 is 16.7 Å². The van der Waals surface area contributed by atoms with Crippen LogP contribution in [0.3, 0.4) is 0 Å². The molecule has 9 nitrogen and oxygen atoms in total. The molecule has 0 spiro atoms. The van der Waals surface area contributed by atoms with Gasteiger partial charge in [0.1, 0.15) is 5.75 Å². The van der Waals surface area contributed by atoms with Crippen molar-refractivity contribution in [2.24, 2.45) is 19.2 Å². The lowest BCUT2D eigenvalue weighted by Gasteiger charge is -2.09. The monoisotopic (exact) mass is 404 g/mol. The molecule has 0 aliphatic carbocycles. The van der Waals surface area contributed by atoms with E-state index < -0.39 is 11.2 Å². The van der Waals surface area contributed by atoms with E-state index in [9.17, 15) is 14.7 Å². The average Bonchev–Trinajstić information content (AvgIpc) is 3.11. The van der Waals surface area contributed by atoms with Crippen molar-refractivity contribution in [1.29, 1.82) is 0 Å². The van der Waals surface area contributed by atoms with Gasteiger partial charge in [-0.05, 0) is 17.7 Å². The Morgan fingerprint density at radius 3 is 2.47 bits per heavy atom. The van der Waals surface area contributed by atoms with Gasteiger partial charge in [-0.3, -0.25) is 18.5 Å². The lowest BCUT2D eigenvalue weighted by Crippen LogP contribution is -2.37. The molecule has 0 radical (unpaired) electrons. The fourth-order valence-electron chi connectivity index (χ4n) is 3.21. The molecule has 2 aromatic heterocycles.